The van der Waals surface area contributed by atoms with Crippen molar-refractivity contribution in [2.45, 2.75) is 57.7 Å². The normalized spacial score (nSPS) is 12.0. The Labute approximate surface area is 226 Å². The fourth-order valence-electron chi connectivity index (χ4n) is 3.98. The smallest absolute Gasteiger partial charge is 0.416 e. The van der Waals surface area contributed by atoms with Crippen LogP contribution in [-0.4, -0.2) is 30.5 Å². The molecule has 1 atom stereocenters. The number of benzene rings is 2. The van der Waals surface area contributed by atoms with Gasteiger partial charge in [0.25, 0.3) is 5.91 Å². The quantitative estimate of drug-likeness (QED) is 0.183. The fraction of sp³-hybridized carbons (Fsp3) is 0.367. The summed E-state index contributed by atoms with van der Waals surface area (Å²) < 4.78 is 49.5. The van der Waals surface area contributed by atoms with E-state index in [1.54, 1.807) is 36.5 Å². The maximum absolute atomic E-state index is 12.9. The number of carbonyl (C=O) groups excluding carboxylic acids is 2. The van der Waals surface area contributed by atoms with E-state index in [1.807, 2.05) is 6.07 Å². The number of aromatic nitrogens is 1. The number of ether oxygens (including phenoxy) is 2. The van der Waals surface area contributed by atoms with Gasteiger partial charge in [-0.2, -0.15) is 13.2 Å². The number of pyridine rings is 1. The highest BCUT2D eigenvalue weighted by molar-refractivity contribution is 5.94. The average molecular weight is 543 g/mol. The number of esters is 1. The Balaban J connectivity index is 1.69. The number of hydrogen-bond acceptors (Lipinski definition) is 5. The van der Waals surface area contributed by atoms with Crippen LogP contribution in [0, 0.1) is 0 Å². The first-order chi connectivity index (χ1) is 18.7. The molecule has 0 radical (unpaired) electrons. The molecule has 6 nitrogen and oxygen atoms in total. The molecule has 0 aliphatic rings. The third kappa shape index (κ3) is 9.12. The summed E-state index contributed by atoms with van der Waals surface area (Å²) in [5.41, 5.74) is 1.75. The number of carbonyl (C=O) groups is 2. The van der Waals surface area contributed by atoms with Gasteiger partial charge in [0.2, 0.25) is 0 Å². The molecule has 1 N–H and O–H groups in total. The average Bonchev–Trinajstić information content (AvgIpc) is 2.94. The molecular weight excluding hydrogens is 509 g/mol. The lowest BCUT2D eigenvalue weighted by molar-refractivity contribution is -0.140. The monoisotopic (exact) mass is 542 g/mol. The van der Waals surface area contributed by atoms with Crippen molar-refractivity contribution in [3.8, 4) is 17.0 Å². The Morgan fingerprint density at radius 2 is 1.67 bits per heavy atom. The molecule has 3 aromatic rings. The van der Waals surface area contributed by atoms with Crippen molar-refractivity contribution in [3.05, 3.63) is 83.6 Å². The van der Waals surface area contributed by atoms with E-state index in [-0.39, 0.29) is 25.0 Å². The molecule has 3 rings (SSSR count). The number of nitrogens with zero attached hydrogens (tertiary/aromatic N) is 1. The number of amides is 1. The van der Waals surface area contributed by atoms with Gasteiger partial charge in [-0.3, -0.25) is 14.6 Å². The molecule has 1 heterocycles. The summed E-state index contributed by atoms with van der Waals surface area (Å²) >= 11 is 0. The Morgan fingerprint density at radius 3 is 2.26 bits per heavy atom. The van der Waals surface area contributed by atoms with Crippen LogP contribution in [-0.2, 0) is 15.7 Å². The van der Waals surface area contributed by atoms with Crippen LogP contribution < -0.4 is 10.1 Å². The lowest BCUT2D eigenvalue weighted by Crippen LogP contribution is -2.26. The second kappa shape index (κ2) is 14.3. The van der Waals surface area contributed by atoms with Crippen molar-refractivity contribution >= 4 is 11.9 Å². The van der Waals surface area contributed by atoms with Gasteiger partial charge in [-0.25, -0.2) is 0 Å². The van der Waals surface area contributed by atoms with Crippen LogP contribution in [0.15, 0.2) is 66.9 Å². The summed E-state index contributed by atoms with van der Waals surface area (Å²) in [5, 5.41) is 2.67. The van der Waals surface area contributed by atoms with Gasteiger partial charge in [0, 0.05) is 29.4 Å². The van der Waals surface area contributed by atoms with Crippen molar-refractivity contribution in [1.82, 2.24) is 10.3 Å². The summed E-state index contributed by atoms with van der Waals surface area (Å²) in [7, 11) is 1.30. The lowest BCUT2D eigenvalue weighted by Gasteiger charge is -2.20. The largest absolute Gasteiger partial charge is 0.486 e. The van der Waals surface area contributed by atoms with Gasteiger partial charge < -0.3 is 14.8 Å². The number of nitrogens with one attached hydrogen (secondary N) is 1. The molecule has 208 valence electrons. The van der Waals surface area contributed by atoms with Gasteiger partial charge in [0.1, 0.15) is 11.9 Å². The predicted molar refractivity (Wildman–Crippen MR) is 142 cm³/mol. The van der Waals surface area contributed by atoms with Gasteiger partial charge in [0.05, 0.1) is 24.8 Å². The minimum absolute atomic E-state index is 0.0921. The van der Waals surface area contributed by atoms with Crippen LogP contribution in [0.2, 0.25) is 0 Å². The van der Waals surface area contributed by atoms with Crippen molar-refractivity contribution in [3.63, 3.8) is 0 Å². The van der Waals surface area contributed by atoms with E-state index in [2.05, 4.69) is 22.0 Å². The van der Waals surface area contributed by atoms with E-state index >= 15 is 0 Å². The van der Waals surface area contributed by atoms with E-state index in [9.17, 15) is 22.8 Å². The molecule has 39 heavy (non-hydrogen) atoms. The van der Waals surface area contributed by atoms with E-state index in [0.717, 1.165) is 49.8 Å². The molecular formula is C30H33F3N2O4. The van der Waals surface area contributed by atoms with Gasteiger partial charge in [-0.15, -0.1) is 0 Å². The Bertz CT molecular complexity index is 1190. The second-order valence-electron chi connectivity index (χ2n) is 9.11. The summed E-state index contributed by atoms with van der Waals surface area (Å²) in [6.45, 7) is 2.32. The summed E-state index contributed by atoms with van der Waals surface area (Å²) in [4.78, 5) is 28.0. The first-order valence-corrected chi connectivity index (χ1v) is 13.0. The standard InChI is InChI=1S/C30H33F3N2O4/c1-3-4-5-6-7-27(39-25-15-10-22(11-16-25)29(37)34-19-18-28(36)38-2)23-12-17-26(35-20-23)21-8-13-24(14-9-21)30(31,32)33/h8-17,20,27H,3-7,18-19H2,1-2H3,(H,34,37). The van der Waals surface area contributed by atoms with Crippen LogP contribution in [0.25, 0.3) is 11.3 Å². The molecule has 2 aromatic carbocycles. The van der Waals surface area contributed by atoms with E-state index in [1.165, 1.54) is 19.2 Å². The summed E-state index contributed by atoms with van der Waals surface area (Å²) in [6.07, 6.45) is 2.14. The first-order valence-electron chi connectivity index (χ1n) is 13.0. The van der Waals surface area contributed by atoms with E-state index < -0.39 is 17.7 Å². The zero-order valence-corrected chi connectivity index (χ0v) is 22.1. The Kier molecular flexibility index (Phi) is 10.9. The molecule has 0 aliphatic heterocycles. The molecule has 1 unspecified atom stereocenters. The van der Waals surface area contributed by atoms with Gasteiger partial charge >= 0.3 is 12.1 Å². The Hall–Kier alpha value is -3.88. The lowest BCUT2D eigenvalue weighted by atomic mass is 10.0. The molecule has 0 spiro atoms. The minimum atomic E-state index is -4.38. The highest BCUT2D eigenvalue weighted by Gasteiger charge is 2.30. The second-order valence-corrected chi connectivity index (χ2v) is 9.11. The van der Waals surface area contributed by atoms with E-state index in [4.69, 9.17) is 4.74 Å². The number of hydrogen-bond donors (Lipinski definition) is 1. The molecule has 1 aromatic heterocycles. The van der Waals surface area contributed by atoms with Crippen LogP contribution in [0.5, 0.6) is 5.75 Å². The third-order valence-electron chi connectivity index (χ3n) is 6.22. The molecule has 0 fully saturated rings. The number of methoxy groups -OCH3 is 1. The van der Waals surface area contributed by atoms with Crippen molar-refractivity contribution in [2.24, 2.45) is 0 Å². The fourth-order valence-corrected chi connectivity index (χ4v) is 3.98. The predicted octanol–water partition coefficient (Wildman–Crippen LogP) is 7.15. The topological polar surface area (TPSA) is 77.5 Å². The van der Waals surface area contributed by atoms with Crippen LogP contribution in [0.1, 0.15) is 73.0 Å². The SMILES string of the molecule is CCCCCCC(Oc1ccc(C(=O)NCCC(=O)OC)cc1)c1ccc(-c2ccc(C(F)(F)F)cc2)nc1. The number of unbranched alkanes of at least 4 members (excludes halogenated alkanes) is 3. The van der Waals surface area contributed by atoms with E-state index in [0.29, 0.717) is 22.6 Å². The maximum Gasteiger partial charge on any atom is 0.416 e. The Morgan fingerprint density at radius 1 is 0.949 bits per heavy atom. The van der Waals surface area contributed by atoms with Gasteiger partial charge in [0.15, 0.2) is 0 Å². The molecule has 0 bridgehead atoms. The number of alkyl halides is 3. The van der Waals surface area contributed by atoms with Gasteiger partial charge in [-0.1, -0.05) is 44.4 Å². The van der Waals surface area contributed by atoms with Crippen molar-refractivity contribution in [1.29, 1.82) is 0 Å². The molecule has 0 saturated carbocycles. The van der Waals surface area contributed by atoms with Crippen LogP contribution in [0.4, 0.5) is 13.2 Å². The minimum Gasteiger partial charge on any atom is -0.486 e. The molecule has 9 heteroatoms. The zero-order valence-electron chi connectivity index (χ0n) is 22.1. The van der Waals surface area contributed by atoms with Crippen molar-refractivity contribution < 1.29 is 32.2 Å². The van der Waals surface area contributed by atoms with Crippen LogP contribution in [0.3, 0.4) is 0 Å². The number of halogens is 3. The van der Waals surface area contributed by atoms with Crippen molar-refractivity contribution in [2.75, 3.05) is 13.7 Å². The van der Waals surface area contributed by atoms with Gasteiger partial charge in [-0.05, 0) is 55.3 Å². The molecule has 1 amide bonds. The molecule has 0 saturated heterocycles. The third-order valence-corrected chi connectivity index (χ3v) is 6.22. The highest BCUT2D eigenvalue weighted by atomic mass is 19.4. The highest BCUT2D eigenvalue weighted by Crippen LogP contribution is 2.32. The molecule has 0 aliphatic carbocycles. The zero-order chi connectivity index (χ0) is 28.3. The number of rotatable bonds is 13. The maximum atomic E-state index is 12.9. The summed E-state index contributed by atoms with van der Waals surface area (Å²) in [5.74, 6) is -0.107. The summed E-state index contributed by atoms with van der Waals surface area (Å²) in [6, 6.07) is 15.3. The van der Waals surface area contributed by atoms with Crippen LogP contribution >= 0.6 is 0 Å². The first kappa shape index (κ1) is 29.7.